The highest BCUT2D eigenvalue weighted by atomic mass is 127. The van der Waals surface area contributed by atoms with E-state index in [9.17, 15) is 0 Å². The Labute approximate surface area is 145 Å². The van der Waals surface area contributed by atoms with Gasteiger partial charge in [0, 0.05) is 19.1 Å². The van der Waals surface area contributed by atoms with Crippen molar-refractivity contribution in [2.45, 2.75) is 45.1 Å². The van der Waals surface area contributed by atoms with Crippen LogP contribution >= 0.6 is 24.0 Å². The highest BCUT2D eigenvalue weighted by Gasteiger charge is 2.42. The van der Waals surface area contributed by atoms with Crippen molar-refractivity contribution in [3.63, 3.8) is 0 Å². The van der Waals surface area contributed by atoms with Gasteiger partial charge < -0.3 is 10.6 Å². The van der Waals surface area contributed by atoms with Gasteiger partial charge in [-0.1, -0.05) is 30.3 Å². The molecule has 2 N–H and O–H groups in total. The Balaban J connectivity index is 0.00000161. The van der Waals surface area contributed by atoms with Gasteiger partial charge in [-0.25, -0.2) is 0 Å². The van der Waals surface area contributed by atoms with E-state index in [1.807, 2.05) is 0 Å². The molecule has 0 aromatic heterocycles. The summed E-state index contributed by atoms with van der Waals surface area (Å²) in [6, 6.07) is 11.5. The minimum atomic E-state index is 0. The van der Waals surface area contributed by atoms with E-state index in [4.69, 9.17) is 4.99 Å². The molecule has 2 aliphatic rings. The second-order valence-corrected chi connectivity index (χ2v) is 6.28. The summed E-state index contributed by atoms with van der Waals surface area (Å²) in [6.07, 6.45) is 6.38. The van der Waals surface area contributed by atoms with Crippen LogP contribution in [0.15, 0.2) is 35.3 Å². The zero-order chi connectivity index (χ0) is 13.8. The first-order valence-corrected chi connectivity index (χ1v) is 7.88. The summed E-state index contributed by atoms with van der Waals surface area (Å²) in [5.74, 6) is 1.01. The molecule has 0 radical (unpaired) electrons. The Kier molecular flexibility index (Phi) is 5.90. The standard InChI is InChI=1S/C17H25N3.HI/c1-2-18-16(20-15-8-9-15)19-13-17(10-11-17)12-14-6-4-3-5-7-14;/h3-7,15H,2,8-13H2,1H3,(H2,18,19,20);1H. The molecule has 2 aliphatic carbocycles. The first-order valence-electron chi connectivity index (χ1n) is 7.88. The van der Waals surface area contributed by atoms with Crippen molar-refractivity contribution >= 4 is 29.9 Å². The Hall–Kier alpha value is -0.780. The highest BCUT2D eigenvalue weighted by Crippen LogP contribution is 2.48. The van der Waals surface area contributed by atoms with Gasteiger partial charge in [0.2, 0.25) is 0 Å². The number of benzene rings is 1. The Morgan fingerprint density at radius 1 is 1.24 bits per heavy atom. The average Bonchev–Trinajstić information content (AvgIpc) is 3.36. The van der Waals surface area contributed by atoms with Crippen LogP contribution in [0.3, 0.4) is 0 Å². The van der Waals surface area contributed by atoms with Gasteiger partial charge in [0.1, 0.15) is 0 Å². The van der Waals surface area contributed by atoms with Crippen LogP contribution in [-0.4, -0.2) is 25.1 Å². The molecule has 2 saturated carbocycles. The first kappa shape index (κ1) is 16.6. The van der Waals surface area contributed by atoms with Gasteiger partial charge in [-0.3, -0.25) is 4.99 Å². The molecule has 2 fully saturated rings. The molecule has 3 rings (SSSR count). The van der Waals surface area contributed by atoms with Gasteiger partial charge in [-0.2, -0.15) is 0 Å². The van der Waals surface area contributed by atoms with E-state index in [2.05, 4.69) is 47.9 Å². The smallest absolute Gasteiger partial charge is 0.191 e. The quantitative estimate of drug-likeness (QED) is 0.437. The molecule has 21 heavy (non-hydrogen) atoms. The van der Waals surface area contributed by atoms with Gasteiger partial charge in [0.05, 0.1) is 0 Å². The lowest BCUT2D eigenvalue weighted by molar-refractivity contribution is 0.519. The number of aliphatic imine (C=N–C) groups is 1. The van der Waals surface area contributed by atoms with Crippen molar-refractivity contribution < 1.29 is 0 Å². The van der Waals surface area contributed by atoms with Crippen molar-refractivity contribution in [1.82, 2.24) is 10.6 Å². The van der Waals surface area contributed by atoms with Crippen molar-refractivity contribution in [1.29, 1.82) is 0 Å². The molecular weight excluding hydrogens is 373 g/mol. The second kappa shape index (κ2) is 7.47. The van der Waals surface area contributed by atoms with Crippen LogP contribution in [0.2, 0.25) is 0 Å². The normalized spacial score (nSPS) is 19.6. The molecule has 0 saturated heterocycles. The summed E-state index contributed by atoms with van der Waals surface area (Å²) >= 11 is 0. The third-order valence-corrected chi connectivity index (χ3v) is 4.21. The molecule has 0 heterocycles. The molecule has 1 aromatic carbocycles. The van der Waals surface area contributed by atoms with Crippen molar-refractivity contribution in [2.75, 3.05) is 13.1 Å². The SMILES string of the molecule is CCNC(=NCC1(Cc2ccccc2)CC1)NC1CC1.I. The summed E-state index contributed by atoms with van der Waals surface area (Å²) in [5.41, 5.74) is 1.87. The van der Waals surface area contributed by atoms with Crippen LogP contribution in [0, 0.1) is 5.41 Å². The lowest BCUT2D eigenvalue weighted by Gasteiger charge is -2.15. The van der Waals surface area contributed by atoms with Gasteiger partial charge >= 0.3 is 0 Å². The van der Waals surface area contributed by atoms with Crippen LogP contribution in [0.4, 0.5) is 0 Å². The Morgan fingerprint density at radius 2 is 1.95 bits per heavy atom. The molecular formula is C17H26IN3. The number of guanidine groups is 1. The van der Waals surface area contributed by atoms with E-state index in [-0.39, 0.29) is 24.0 Å². The highest BCUT2D eigenvalue weighted by molar-refractivity contribution is 14.0. The van der Waals surface area contributed by atoms with Gasteiger partial charge in [0.25, 0.3) is 0 Å². The zero-order valence-corrected chi connectivity index (χ0v) is 15.1. The lowest BCUT2D eigenvalue weighted by atomic mass is 9.97. The van der Waals surface area contributed by atoms with E-state index in [0.717, 1.165) is 19.0 Å². The maximum atomic E-state index is 4.82. The van der Waals surface area contributed by atoms with E-state index >= 15 is 0 Å². The monoisotopic (exact) mass is 399 g/mol. The number of hydrogen-bond acceptors (Lipinski definition) is 1. The van der Waals surface area contributed by atoms with Crippen LogP contribution in [0.5, 0.6) is 0 Å². The summed E-state index contributed by atoms with van der Waals surface area (Å²) < 4.78 is 0. The molecule has 0 atom stereocenters. The van der Waals surface area contributed by atoms with Gasteiger partial charge in [0.15, 0.2) is 5.96 Å². The Morgan fingerprint density at radius 3 is 2.52 bits per heavy atom. The lowest BCUT2D eigenvalue weighted by Crippen LogP contribution is -2.39. The number of rotatable bonds is 6. The molecule has 4 heteroatoms. The summed E-state index contributed by atoms with van der Waals surface area (Å²) in [5, 5.41) is 6.85. The average molecular weight is 399 g/mol. The number of halogens is 1. The minimum Gasteiger partial charge on any atom is -0.357 e. The third kappa shape index (κ3) is 5.16. The predicted molar refractivity (Wildman–Crippen MR) is 99.4 cm³/mol. The number of nitrogens with one attached hydrogen (secondary N) is 2. The molecule has 0 spiro atoms. The van der Waals surface area contributed by atoms with Crippen molar-refractivity contribution in [3.8, 4) is 0 Å². The Bertz CT molecular complexity index is 464. The maximum absolute atomic E-state index is 4.82. The van der Waals surface area contributed by atoms with E-state index in [1.54, 1.807) is 0 Å². The summed E-state index contributed by atoms with van der Waals surface area (Å²) in [7, 11) is 0. The molecule has 0 aliphatic heterocycles. The van der Waals surface area contributed by atoms with Crippen molar-refractivity contribution in [3.05, 3.63) is 35.9 Å². The third-order valence-electron chi connectivity index (χ3n) is 4.21. The van der Waals surface area contributed by atoms with Crippen molar-refractivity contribution in [2.24, 2.45) is 10.4 Å². The molecule has 116 valence electrons. The van der Waals surface area contributed by atoms with Gasteiger partial charge in [-0.05, 0) is 50.0 Å². The minimum absolute atomic E-state index is 0. The molecule has 0 amide bonds. The molecule has 1 aromatic rings. The molecule has 3 nitrogen and oxygen atoms in total. The topological polar surface area (TPSA) is 36.4 Å². The summed E-state index contributed by atoms with van der Waals surface area (Å²) in [6.45, 7) is 4.01. The van der Waals surface area contributed by atoms with Gasteiger partial charge in [-0.15, -0.1) is 24.0 Å². The van der Waals surface area contributed by atoms with E-state index in [1.165, 1.54) is 37.7 Å². The second-order valence-electron chi connectivity index (χ2n) is 6.28. The fourth-order valence-electron chi connectivity index (χ4n) is 2.58. The number of nitrogens with zero attached hydrogens (tertiary/aromatic N) is 1. The van der Waals surface area contributed by atoms with Crippen LogP contribution in [-0.2, 0) is 6.42 Å². The fourth-order valence-corrected chi connectivity index (χ4v) is 2.58. The van der Waals surface area contributed by atoms with Crippen LogP contribution < -0.4 is 10.6 Å². The number of hydrogen-bond donors (Lipinski definition) is 2. The molecule has 0 unspecified atom stereocenters. The predicted octanol–water partition coefficient (Wildman–Crippen LogP) is 3.34. The van der Waals surface area contributed by atoms with E-state index < -0.39 is 0 Å². The largest absolute Gasteiger partial charge is 0.357 e. The maximum Gasteiger partial charge on any atom is 0.191 e. The van der Waals surface area contributed by atoms with E-state index in [0.29, 0.717) is 11.5 Å². The van der Waals surface area contributed by atoms with Crippen LogP contribution in [0.25, 0.3) is 0 Å². The zero-order valence-electron chi connectivity index (χ0n) is 12.8. The fraction of sp³-hybridized carbons (Fsp3) is 0.588. The van der Waals surface area contributed by atoms with Crippen LogP contribution in [0.1, 0.15) is 38.2 Å². The summed E-state index contributed by atoms with van der Waals surface area (Å²) in [4.78, 5) is 4.82. The first-order chi connectivity index (χ1) is 9.80. The molecule has 0 bridgehead atoms.